The first kappa shape index (κ1) is 15.3. The highest BCUT2D eigenvalue weighted by atomic mass is 19.1. The lowest BCUT2D eigenvalue weighted by Crippen LogP contribution is -2.36. The van der Waals surface area contributed by atoms with Gasteiger partial charge in [-0.25, -0.2) is 4.39 Å². The largest absolute Gasteiger partial charge is 0.363 e. The van der Waals surface area contributed by atoms with E-state index in [2.05, 4.69) is 44.0 Å². The third-order valence-corrected chi connectivity index (χ3v) is 4.51. The zero-order valence-electron chi connectivity index (χ0n) is 13.1. The average molecular weight is 278 g/mol. The molecule has 1 aromatic rings. The molecule has 1 heterocycles. The van der Waals surface area contributed by atoms with Gasteiger partial charge in [-0.1, -0.05) is 26.0 Å². The maximum absolute atomic E-state index is 14.5. The predicted octanol–water partition coefficient (Wildman–Crippen LogP) is 4.26. The smallest absolute Gasteiger partial charge is 0.146 e. The number of para-hydroxylation sites is 1. The Bertz CT molecular complexity index is 447. The zero-order valence-corrected chi connectivity index (χ0v) is 13.1. The fourth-order valence-corrected chi connectivity index (χ4v) is 3.45. The highest BCUT2D eigenvalue weighted by molar-refractivity contribution is 5.58. The van der Waals surface area contributed by atoms with E-state index < -0.39 is 0 Å². The first-order valence-corrected chi connectivity index (χ1v) is 7.90. The molecule has 0 aromatic heterocycles. The van der Waals surface area contributed by atoms with Crippen LogP contribution in [0.1, 0.15) is 58.6 Å². The summed E-state index contributed by atoms with van der Waals surface area (Å²) in [6.45, 7) is 9.50. The van der Waals surface area contributed by atoms with E-state index in [4.69, 9.17) is 0 Å². The van der Waals surface area contributed by atoms with Gasteiger partial charge in [0, 0.05) is 18.1 Å². The number of hydrogen-bond donors (Lipinski definition) is 1. The standard InChI is InChI=1S/C17H27FN2/c1-5-14-11-10-12(3)20(14)17-15(13(4)19-6-2)8-7-9-16(17)18/h7-9,12-14,19H,5-6,10-11H2,1-4H3. The van der Waals surface area contributed by atoms with Crippen LogP contribution in [0.4, 0.5) is 10.1 Å². The van der Waals surface area contributed by atoms with Gasteiger partial charge >= 0.3 is 0 Å². The Kier molecular flexibility index (Phi) is 5.03. The molecular formula is C17H27FN2. The molecule has 1 saturated heterocycles. The van der Waals surface area contributed by atoms with Crippen molar-refractivity contribution >= 4 is 5.69 Å². The number of rotatable bonds is 5. The fourth-order valence-electron chi connectivity index (χ4n) is 3.45. The molecule has 3 unspecified atom stereocenters. The summed E-state index contributed by atoms with van der Waals surface area (Å²) in [7, 11) is 0. The molecule has 20 heavy (non-hydrogen) atoms. The molecule has 3 atom stereocenters. The third kappa shape index (κ3) is 2.83. The van der Waals surface area contributed by atoms with Gasteiger partial charge in [0.25, 0.3) is 0 Å². The summed E-state index contributed by atoms with van der Waals surface area (Å²) in [4.78, 5) is 2.32. The quantitative estimate of drug-likeness (QED) is 0.865. The van der Waals surface area contributed by atoms with Gasteiger partial charge in [-0.05, 0) is 51.3 Å². The van der Waals surface area contributed by atoms with Crippen molar-refractivity contribution in [1.82, 2.24) is 5.32 Å². The molecule has 0 amide bonds. The van der Waals surface area contributed by atoms with Gasteiger partial charge in [-0.3, -0.25) is 0 Å². The van der Waals surface area contributed by atoms with Crippen molar-refractivity contribution in [1.29, 1.82) is 0 Å². The Balaban J connectivity index is 2.43. The van der Waals surface area contributed by atoms with Crippen LogP contribution >= 0.6 is 0 Å². The highest BCUT2D eigenvalue weighted by Crippen LogP contribution is 2.38. The van der Waals surface area contributed by atoms with Crippen molar-refractivity contribution in [2.24, 2.45) is 0 Å². The number of anilines is 1. The monoisotopic (exact) mass is 278 g/mol. The molecule has 0 bridgehead atoms. The lowest BCUT2D eigenvalue weighted by atomic mass is 10.0. The lowest BCUT2D eigenvalue weighted by Gasteiger charge is -2.33. The van der Waals surface area contributed by atoms with Crippen LogP contribution in [0.3, 0.4) is 0 Å². The van der Waals surface area contributed by atoms with Gasteiger partial charge in [-0.2, -0.15) is 0 Å². The summed E-state index contributed by atoms with van der Waals surface area (Å²) >= 11 is 0. The molecule has 1 fully saturated rings. The van der Waals surface area contributed by atoms with Crippen LogP contribution in [0.15, 0.2) is 18.2 Å². The number of hydrogen-bond acceptors (Lipinski definition) is 2. The summed E-state index contributed by atoms with van der Waals surface area (Å²) < 4.78 is 14.5. The highest BCUT2D eigenvalue weighted by Gasteiger charge is 2.33. The van der Waals surface area contributed by atoms with Crippen LogP contribution in [0, 0.1) is 5.82 Å². The molecule has 0 spiro atoms. The Morgan fingerprint density at radius 2 is 2.10 bits per heavy atom. The van der Waals surface area contributed by atoms with Gasteiger partial charge in [-0.15, -0.1) is 0 Å². The van der Waals surface area contributed by atoms with Crippen molar-refractivity contribution in [3.05, 3.63) is 29.6 Å². The van der Waals surface area contributed by atoms with Crippen LogP contribution in [0.25, 0.3) is 0 Å². The van der Waals surface area contributed by atoms with Crippen LogP contribution < -0.4 is 10.2 Å². The van der Waals surface area contributed by atoms with Gasteiger partial charge in [0.05, 0.1) is 5.69 Å². The average Bonchev–Trinajstić information content (AvgIpc) is 2.79. The van der Waals surface area contributed by atoms with E-state index >= 15 is 0 Å². The molecule has 2 nitrogen and oxygen atoms in total. The molecule has 1 aliphatic heterocycles. The third-order valence-electron chi connectivity index (χ3n) is 4.51. The zero-order chi connectivity index (χ0) is 14.7. The van der Waals surface area contributed by atoms with E-state index in [0.717, 1.165) is 30.6 Å². The first-order valence-electron chi connectivity index (χ1n) is 7.90. The minimum absolute atomic E-state index is 0.0838. The topological polar surface area (TPSA) is 15.3 Å². The number of benzene rings is 1. The number of halogens is 1. The summed E-state index contributed by atoms with van der Waals surface area (Å²) in [5.74, 6) is -0.0838. The molecule has 1 N–H and O–H groups in total. The molecule has 0 saturated carbocycles. The second-order valence-electron chi connectivity index (χ2n) is 5.85. The number of nitrogens with zero attached hydrogens (tertiary/aromatic N) is 1. The SMILES string of the molecule is CCNC(C)c1cccc(F)c1N1C(C)CCC1CC. The second-order valence-corrected chi connectivity index (χ2v) is 5.85. The van der Waals surface area contributed by atoms with Crippen molar-refractivity contribution in [2.75, 3.05) is 11.4 Å². The van der Waals surface area contributed by atoms with Crippen molar-refractivity contribution < 1.29 is 4.39 Å². The fraction of sp³-hybridized carbons (Fsp3) is 0.647. The van der Waals surface area contributed by atoms with Gasteiger partial charge in [0.15, 0.2) is 0 Å². The summed E-state index contributed by atoms with van der Waals surface area (Å²) in [5, 5.41) is 3.41. The maximum atomic E-state index is 14.5. The molecule has 0 radical (unpaired) electrons. The predicted molar refractivity (Wildman–Crippen MR) is 83.7 cm³/mol. The minimum atomic E-state index is -0.0838. The molecule has 0 aliphatic carbocycles. The molecule has 1 aliphatic rings. The van der Waals surface area contributed by atoms with Crippen molar-refractivity contribution in [2.45, 2.75) is 65.1 Å². The molecule has 1 aromatic carbocycles. The van der Waals surface area contributed by atoms with Crippen LogP contribution in [0.2, 0.25) is 0 Å². The van der Waals surface area contributed by atoms with E-state index in [1.54, 1.807) is 6.07 Å². The molecule has 112 valence electrons. The van der Waals surface area contributed by atoms with Gasteiger partial charge in [0.1, 0.15) is 5.82 Å². The van der Waals surface area contributed by atoms with E-state index in [1.807, 2.05) is 6.07 Å². The molecule has 3 heteroatoms. The maximum Gasteiger partial charge on any atom is 0.146 e. The van der Waals surface area contributed by atoms with E-state index in [1.165, 1.54) is 6.42 Å². The van der Waals surface area contributed by atoms with E-state index in [9.17, 15) is 4.39 Å². The van der Waals surface area contributed by atoms with Gasteiger partial charge < -0.3 is 10.2 Å². The number of nitrogens with one attached hydrogen (secondary N) is 1. The van der Waals surface area contributed by atoms with Crippen molar-refractivity contribution in [3.8, 4) is 0 Å². The molecule has 2 rings (SSSR count). The minimum Gasteiger partial charge on any atom is -0.363 e. The van der Waals surface area contributed by atoms with Crippen LogP contribution in [0.5, 0.6) is 0 Å². The van der Waals surface area contributed by atoms with E-state index in [0.29, 0.717) is 12.1 Å². The van der Waals surface area contributed by atoms with E-state index in [-0.39, 0.29) is 11.9 Å². The van der Waals surface area contributed by atoms with Gasteiger partial charge in [0.2, 0.25) is 0 Å². The Hall–Kier alpha value is -1.09. The Morgan fingerprint density at radius 1 is 1.35 bits per heavy atom. The van der Waals surface area contributed by atoms with Crippen LogP contribution in [-0.4, -0.2) is 18.6 Å². The summed E-state index contributed by atoms with van der Waals surface area (Å²) in [6, 6.07) is 6.54. The molecular weight excluding hydrogens is 251 g/mol. The Labute approximate surface area is 122 Å². The second kappa shape index (κ2) is 6.57. The van der Waals surface area contributed by atoms with Crippen LogP contribution in [-0.2, 0) is 0 Å². The summed E-state index contributed by atoms with van der Waals surface area (Å²) in [5.41, 5.74) is 1.90. The normalized spacial score (nSPS) is 24.1. The summed E-state index contributed by atoms with van der Waals surface area (Å²) in [6.07, 6.45) is 3.40. The Morgan fingerprint density at radius 3 is 2.75 bits per heavy atom. The lowest BCUT2D eigenvalue weighted by molar-refractivity contribution is 0.555. The first-order chi connectivity index (χ1) is 9.60. The van der Waals surface area contributed by atoms with Crippen molar-refractivity contribution in [3.63, 3.8) is 0 Å².